The number of H-pyrrole nitrogens is 1. The van der Waals surface area contributed by atoms with E-state index in [0.29, 0.717) is 4.88 Å². The minimum atomic E-state index is -0.327. The Bertz CT molecular complexity index is 693. The number of fused-ring (bicyclic) bond motifs is 3. The van der Waals surface area contributed by atoms with E-state index >= 15 is 0 Å². The molecule has 3 heterocycles. The smallest absolute Gasteiger partial charge is 0.348 e. The average Bonchev–Trinajstić information content (AvgIpc) is 2.86. The van der Waals surface area contributed by atoms with Crippen LogP contribution in [0.25, 0.3) is 21.4 Å². The molecule has 0 spiro atoms. The van der Waals surface area contributed by atoms with Gasteiger partial charge >= 0.3 is 5.97 Å². The number of aryl methyl sites for hydroxylation is 1. The van der Waals surface area contributed by atoms with Gasteiger partial charge in [-0.2, -0.15) is 9.90 Å². The number of methoxy groups -OCH3 is 1. The summed E-state index contributed by atoms with van der Waals surface area (Å²) in [6, 6.07) is 1.76. The van der Waals surface area contributed by atoms with Crippen molar-refractivity contribution in [3.63, 3.8) is 0 Å². The molecule has 0 saturated heterocycles. The van der Waals surface area contributed by atoms with Crippen LogP contribution in [-0.2, 0) is 11.8 Å². The third-order valence-electron chi connectivity index (χ3n) is 2.30. The van der Waals surface area contributed by atoms with E-state index in [9.17, 15) is 4.79 Å². The van der Waals surface area contributed by atoms with Gasteiger partial charge in [0, 0.05) is 7.05 Å². The third kappa shape index (κ3) is 1.15. The number of carbonyl (C=O) groups excluding carboxylic acids is 1. The van der Waals surface area contributed by atoms with Gasteiger partial charge in [-0.05, 0) is 6.07 Å². The molecule has 0 unspecified atom stereocenters. The van der Waals surface area contributed by atoms with E-state index in [-0.39, 0.29) is 5.97 Å². The quantitative estimate of drug-likeness (QED) is 0.646. The lowest BCUT2D eigenvalue weighted by Crippen LogP contribution is -1.96. The van der Waals surface area contributed by atoms with Crippen LogP contribution in [0.4, 0.5) is 0 Å². The van der Waals surface area contributed by atoms with E-state index in [2.05, 4.69) is 19.9 Å². The van der Waals surface area contributed by atoms with Gasteiger partial charge in [0.1, 0.15) is 10.4 Å². The van der Waals surface area contributed by atoms with Crippen molar-refractivity contribution in [2.75, 3.05) is 7.11 Å². The molecule has 0 aliphatic carbocycles. The molecule has 1 N–H and O–H groups in total. The number of carbonyl (C=O) groups is 1. The molecule has 3 aromatic heterocycles. The van der Waals surface area contributed by atoms with Crippen molar-refractivity contribution in [2.24, 2.45) is 7.05 Å². The molecule has 16 heavy (non-hydrogen) atoms. The third-order valence-corrected chi connectivity index (χ3v) is 3.42. The lowest BCUT2D eigenvalue weighted by molar-refractivity contribution is 0.0606. The highest BCUT2D eigenvalue weighted by molar-refractivity contribution is 7.21. The second kappa shape index (κ2) is 3.05. The van der Waals surface area contributed by atoms with Gasteiger partial charge < -0.3 is 9.72 Å². The number of thiophene rings is 1. The molecule has 0 aliphatic heterocycles. The van der Waals surface area contributed by atoms with Crippen LogP contribution < -0.4 is 0 Å². The number of hydrogen-bond donors (Lipinski definition) is 1. The Kier molecular flexibility index (Phi) is 1.78. The molecule has 3 aromatic rings. The molecule has 6 nitrogen and oxygen atoms in total. The minimum absolute atomic E-state index is 0.327. The zero-order chi connectivity index (χ0) is 11.3. The van der Waals surface area contributed by atoms with Crippen molar-refractivity contribution in [1.82, 2.24) is 20.0 Å². The van der Waals surface area contributed by atoms with Crippen LogP contribution in [0.5, 0.6) is 0 Å². The Morgan fingerprint density at radius 2 is 2.38 bits per heavy atom. The topological polar surface area (TPSA) is 72.8 Å². The van der Waals surface area contributed by atoms with Crippen molar-refractivity contribution in [3.8, 4) is 0 Å². The van der Waals surface area contributed by atoms with Gasteiger partial charge in [-0.1, -0.05) is 0 Å². The normalized spacial score (nSPS) is 11.4. The van der Waals surface area contributed by atoms with Gasteiger partial charge in [-0.3, -0.25) is 0 Å². The fourth-order valence-corrected chi connectivity index (χ4v) is 2.65. The van der Waals surface area contributed by atoms with Crippen LogP contribution in [0.1, 0.15) is 9.67 Å². The summed E-state index contributed by atoms with van der Waals surface area (Å²) in [4.78, 5) is 16.5. The second-order valence-corrected chi connectivity index (χ2v) is 4.41. The maximum atomic E-state index is 11.4. The summed E-state index contributed by atoms with van der Waals surface area (Å²) in [6.07, 6.45) is 0. The summed E-state index contributed by atoms with van der Waals surface area (Å²) in [5.74, 6) is -0.327. The number of hydrogen-bond acceptors (Lipinski definition) is 5. The number of aromatic nitrogens is 4. The first-order chi connectivity index (χ1) is 7.69. The molecule has 0 aromatic carbocycles. The van der Waals surface area contributed by atoms with E-state index in [4.69, 9.17) is 0 Å². The fraction of sp³-hybridized carbons (Fsp3) is 0.222. The largest absolute Gasteiger partial charge is 0.465 e. The predicted molar refractivity (Wildman–Crippen MR) is 59.6 cm³/mol. The standard InChI is InChI=1S/C9H8N4O2S/c1-13-11-6-7-4(10-8(6)12-13)3-5(16-7)9(14)15-2/h3H,1-2H3,(H,10,12). The maximum absolute atomic E-state index is 11.4. The Morgan fingerprint density at radius 3 is 3.12 bits per heavy atom. The first-order valence-corrected chi connectivity index (χ1v) is 5.41. The van der Waals surface area contributed by atoms with Gasteiger partial charge in [0.2, 0.25) is 0 Å². The van der Waals surface area contributed by atoms with Crippen LogP contribution in [0.2, 0.25) is 0 Å². The summed E-state index contributed by atoms with van der Waals surface area (Å²) in [7, 11) is 3.13. The summed E-state index contributed by atoms with van der Waals surface area (Å²) in [5.41, 5.74) is 2.40. The Labute approximate surface area is 93.8 Å². The molecule has 0 bridgehead atoms. The summed E-state index contributed by atoms with van der Waals surface area (Å²) >= 11 is 1.36. The number of rotatable bonds is 1. The highest BCUT2D eigenvalue weighted by Gasteiger charge is 2.16. The summed E-state index contributed by atoms with van der Waals surface area (Å²) < 4.78 is 5.60. The molecule has 0 saturated carbocycles. The SMILES string of the molecule is COC(=O)c1cc2[nH]c3nn(C)nc3c2s1. The van der Waals surface area contributed by atoms with E-state index in [1.54, 1.807) is 13.1 Å². The molecular weight excluding hydrogens is 228 g/mol. The zero-order valence-corrected chi connectivity index (χ0v) is 9.46. The minimum Gasteiger partial charge on any atom is -0.465 e. The monoisotopic (exact) mass is 236 g/mol. The lowest BCUT2D eigenvalue weighted by atomic mass is 10.4. The molecule has 0 radical (unpaired) electrons. The molecule has 0 atom stereocenters. The summed E-state index contributed by atoms with van der Waals surface area (Å²) in [6.45, 7) is 0. The first kappa shape index (κ1) is 9.34. The highest BCUT2D eigenvalue weighted by Crippen LogP contribution is 2.31. The fourth-order valence-electron chi connectivity index (χ4n) is 1.63. The van der Waals surface area contributed by atoms with Crippen molar-refractivity contribution < 1.29 is 9.53 Å². The van der Waals surface area contributed by atoms with Gasteiger partial charge in [0.05, 0.1) is 17.3 Å². The molecule has 3 rings (SSSR count). The molecule has 0 aliphatic rings. The second-order valence-electron chi connectivity index (χ2n) is 3.36. The Hall–Kier alpha value is -1.89. The number of nitrogens with zero attached hydrogens (tertiary/aromatic N) is 3. The molecule has 0 fully saturated rings. The number of ether oxygens (including phenoxy) is 1. The van der Waals surface area contributed by atoms with Gasteiger partial charge in [-0.25, -0.2) is 4.79 Å². The van der Waals surface area contributed by atoms with Crippen LogP contribution in [0.3, 0.4) is 0 Å². The molecular formula is C9H8N4O2S. The van der Waals surface area contributed by atoms with Gasteiger partial charge in [0.15, 0.2) is 5.65 Å². The van der Waals surface area contributed by atoms with E-state index in [0.717, 1.165) is 21.4 Å². The van der Waals surface area contributed by atoms with Crippen LogP contribution >= 0.6 is 11.3 Å². The summed E-state index contributed by atoms with van der Waals surface area (Å²) in [5, 5.41) is 8.39. The average molecular weight is 236 g/mol. The van der Waals surface area contributed by atoms with Gasteiger partial charge in [-0.15, -0.1) is 16.4 Å². The predicted octanol–water partition coefficient (Wildman–Crippen LogP) is 1.30. The maximum Gasteiger partial charge on any atom is 0.348 e. The molecule has 82 valence electrons. The number of nitrogens with one attached hydrogen (secondary N) is 1. The van der Waals surface area contributed by atoms with E-state index in [1.807, 2.05) is 0 Å². The van der Waals surface area contributed by atoms with Crippen molar-refractivity contribution in [1.29, 1.82) is 0 Å². The number of aromatic amines is 1. The zero-order valence-electron chi connectivity index (χ0n) is 8.64. The lowest BCUT2D eigenvalue weighted by Gasteiger charge is -1.90. The highest BCUT2D eigenvalue weighted by atomic mass is 32.1. The number of esters is 1. The molecule has 0 amide bonds. The first-order valence-electron chi connectivity index (χ1n) is 4.60. The van der Waals surface area contributed by atoms with Crippen LogP contribution in [-0.4, -0.2) is 33.1 Å². The van der Waals surface area contributed by atoms with Crippen LogP contribution in [0, 0.1) is 0 Å². The Morgan fingerprint density at radius 1 is 1.56 bits per heavy atom. The Balaban J connectivity index is 2.28. The van der Waals surface area contributed by atoms with E-state index < -0.39 is 0 Å². The van der Waals surface area contributed by atoms with Gasteiger partial charge in [0.25, 0.3) is 0 Å². The van der Waals surface area contributed by atoms with Crippen LogP contribution in [0.15, 0.2) is 6.07 Å². The molecule has 7 heteroatoms. The van der Waals surface area contributed by atoms with Crippen molar-refractivity contribution >= 4 is 38.7 Å². The van der Waals surface area contributed by atoms with Crippen molar-refractivity contribution in [2.45, 2.75) is 0 Å². The van der Waals surface area contributed by atoms with E-state index in [1.165, 1.54) is 23.2 Å². The van der Waals surface area contributed by atoms with Crippen molar-refractivity contribution in [3.05, 3.63) is 10.9 Å².